The van der Waals surface area contributed by atoms with E-state index in [-0.39, 0.29) is 16.2 Å². The van der Waals surface area contributed by atoms with Gasteiger partial charge in [-0.3, -0.25) is 0 Å². The zero-order chi connectivity index (χ0) is 19.5. The Hall–Kier alpha value is -1.63. The van der Waals surface area contributed by atoms with Crippen LogP contribution in [0, 0.1) is 6.92 Å². The lowest BCUT2D eigenvalue weighted by molar-refractivity contribution is -0.661. The molecule has 2 aromatic rings. The number of fused-ring (bicyclic) bond motifs is 1. The van der Waals surface area contributed by atoms with Gasteiger partial charge in [0.15, 0.2) is 6.20 Å². The highest BCUT2D eigenvalue weighted by molar-refractivity contribution is 5.65. The summed E-state index contributed by atoms with van der Waals surface area (Å²) in [5.41, 5.74) is 9.21. The first-order valence-electron chi connectivity index (χ1n) is 9.99. The Balaban J connectivity index is 2.19. The van der Waals surface area contributed by atoms with Gasteiger partial charge in [0.1, 0.15) is 7.05 Å². The predicted molar refractivity (Wildman–Crippen MR) is 112 cm³/mol. The number of benzene rings is 1. The van der Waals surface area contributed by atoms with Crippen LogP contribution in [-0.4, -0.2) is 0 Å². The lowest BCUT2D eigenvalue weighted by Gasteiger charge is -2.42. The van der Waals surface area contributed by atoms with Crippen LogP contribution in [-0.2, 0) is 23.3 Å². The summed E-state index contributed by atoms with van der Waals surface area (Å²) in [5.74, 6) is 0. The molecule has 0 bridgehead atoms. The molecule has 0 saturated carbocycles. The average Bonchev–Trinajstić information content (AvgIpc) is 2.51. The summed E-state index contributed by atoms with van der Waals surface area (Å²) in [6, 6.07) is 9.54. The summed E-state index contributed by atoms with van der Waals surface area (Å²) >= 11 is 0. The smallest absolute Gasteiger partial charge is 0.201 e. The van der Waals surface area contributed by atoms with Gasteiger partial charge in [-0.05, 0) is 64.8 Å². The molecule has 0 saturated heterocycles. The Labute approximate surface area is 160 Å². The molecule has 0 spiro atoms. The van der Waals surface area contributed by atoms with Gasteiger partial charge in [-0.1, -0.05) is 54.5 Å². The Morgan fingerprint density at radius 2 is 1.42 bits per heavy atom. The number of nitrogens with zero attached hydrogens (tertiary/aromatic N) is 1. The van der Waals surface area contributed by atoms with Crippen LogP contribution in [0.4, 0.5) is 0 Å². The number of rotatable bonds is 1. The van der Waals surface area contributed by atoms with Crippen LogP contribution in [0.15, 0.2) is 30.5 Å². The van der Waals surface area contributed by atoms with E-state index >= 15 is 0 Å². The van der Waals surface area contributed by atoms with E-state index in [1.807, 2.05) is 0 Å². The van der Waals surface area contributed by atoms with E-state index < -0.39 is 0 Å². The second-order valence-corrected chi connectivity index (χ2v) is 10.6. The molecule has 1 aromatic carbocycles. The SMILES string of the molecule is Cc1cc2c(cc1-c1ccc(C(C)(C)C)c[n+]1C)C(C)(C)CCC2(C)C. The summed E-state index contributed by atoms with van der Waals surface area (Å²) in [4.78, 5) is 0. The summed E-state index contributed by atoms with van der Waals surface area (Å²) in [6.07, 6.45) is 4.81. The van der Waals surface area contributed by atoms with Gasteiger partial charge in [0, 0.05) is 17.2 Å². The first-order chi connectivity index (χ1) is 11.8. The number of hydrogen-bond acceptors (Lipinski definition) is 0. The zero-order valence-corrected chi connectivity index (χ0v) is 18.2. The van der Waals surface area contributed by atoms with Crippen molar-refractivity contribution in [3.8, 4) is 11.3 Å². The van der Waals surface area contributed by atoms with Crippen molar-refractivity contribution in [3.63, 3.8) is 0 Å². The maximum atomic E-state index is 2.48. The fraction of sp³-hybridized carbons (Fsp3) is 0.560. The van der Waals surface area contributed by atoms with Gasteiger partial charge in [-0.25, -0.2) is 4.57 Å². The molecule has 0 aliphatic heterocycles. The van der Waals surface area contributed by atoms with Crippen LogP contribution in [0.2, 0.25) is 0 Å². The molecule has 3 rings (SSSR count). The van der Waals surface area contributed by atoms with Gasteiger partial charge in [-0.2, -0.15) is 0 Å². The highest BCUT2D eigenvalue weighted by Gasteiger charge is 2.38. The maximum Gasteiger partial charge on any atom is 0.212 e. The monoisotopic (exact) mass is 350 g/mol. The summed E-state index contributed by atoms with van der Waals surface area (Å²) in [5, 5.41) is 0. The summed E-state index contributed by atoms with van der Waals surface area (Å²) in [6.45, 7) is 18.7. The molecule has 0 fully saturated rings. The first-order valence-corrected chi connectivity index (χ1v) is 9.99. The first kappa shape index (κ1) is 19.1. The summed E-state index contributed by atoms with van der Waals surface area (Å²) in [7, 11) is 2.18. The molecule has 1 nitrogen and oxygen atoms in total. The van der Waals surface area contributed by atoms with Gasteiger partial charge in [-0.15, -0.1) is 0 Å². The Morgan fingerprint density at radius 3 is 1.92 bits per heavy atom. The van der Waals surface area contributed by atoms with E-state index in [4.69, 9.17) is 0 Å². The third-order valence-corrected chi connectivity index (χ3v) is 6.47. The fourth-order valence-electron chi connectivity index (χ4n) is 4.33. The van der Waals surface area contributed by atoms with Crippen LogP contribution < -0.4 is 4.57 Å². The largest absolute Gasteiger partial charge is 0.212 e. The summed E-state index contributed by atoms with van der Waals surface area (Å²) < 4.78 is 2.30. The minimum Gasteiger partial charge on any atom is -0.201 e. The van der Waals surface area contributed by atoms with E-state index in [1.165, 1.54) is 40.8 Å². The molecular formula is C25H36N+. The van der Waals surface area contributed by atoms with Crippen molar-refractivity contribution in [3.05, 3.63) is 52.7 Å². The van der Waals surface area contributed by atoms with E-state index in [2.05, 4.69) is 97.5 Å². The third kappa shape index (κ3) is 3.21. The number of pyridine rings is 1. The van der Waals surface area contributed by atoms with Crippen molar-refractivity contribution >= 4 is 0 Å². The number of aromatic nitrogens is 1. The molecule has 26 heavy (non-hydrogen) atoms. The zero-order valence-electron chi connectivity index (χ0n) is 18.2. The highest BCUT2D eigenvalue weighted by atomic mass is 14.9. The molecular weight excluding hydrogens is 314 g/mol. The minimum absolute atomic E-state index is 0.174. The van der Waals surface area contributed by atoms with Crippen molar-refractivity contribution in [2.45, 2.75) is 84.5 Å². The number of hydrogen-bond donors (Lipinski definition) is 0. The number of aryl methyl sites for hydroxylation is 2. The fourth-order valence-corrected chi connectivity index (χ4v) is 4.33. The molecule has 1 aromatic heterocycles. The third-order valence-electron chi connectivity index (χ3n) is 6.47. The van der Waals surface area contributed by atoms with E-state index in [0.717, 1.165) is 0 Å². The molecule has 0 atom stereocenters. The molecule has 0 N–H and O–H groups in total. The predicted octanol–water partition coefficient (Wildman–Crippen LogP) is 6.13. The van der Waals surface area contributed by atoms with Gasteiger partial charge in [0.25, 0.3) is 0 Å². The van der Waals surface area contributed by atoms with Gasteiger partial charge < -0.3 is 0 Å². The molecule has 1 heterocycles. The van der Waals surface area contributed by atoms with E-state index in [1.54, 1.807) is 5.56 Å². The molecule has 140 valence electrons. The molecule has 0 amide bonds. The lowest BCUT2D eigenvalue weighted by Crippen LogP contribution is -2.35. The minimum atomic E-state index is 0.174. The van der Waals surface area contributed by atoms with Crippen LogP contribution >= 0.6 is 0 Å². The molecule has 1 heteroatoms. The Kier molecular flexibility index (Phi) is 4.37. The van der Waals surface area contributed by atoms with Crippen LogP contribution in [0.5, 0.6) is 0 Å². The lowest BCUT2D eigenvalue weighted by atomic mass is 9.62. The van der Waals surface area contributed by atoms with E-state index in [9.17, 15) is 0 Å². The normalized spacial score (nSPS) is 18.5. The van der Waals surface area contributed by atoms with Crippen molar-refractivity contribution in [1.82, 2.24) is 0 Å². The topological polar surface area (TPSA) is 3.88 Å². The quantitative estimate of drug-likeness (QED) is 0.544. The Morgan fingerprint density at radius 1 is 0.885 bits per heavy atom. The highest BCUT2D eigenvalue weighted by Crippen LogP contribution is 2.47. The average molecular weight is 351 g/mol. The van der Waals surface area contributed by atoms with Crippen molar-refractivity contribution in [1.29, 1.82) is 0 Å². The van der Waals surface area contributed by atoms with Gasteiger partial charge in [0.05, 0.1) is 0 Å². The van der Waals surface area contributed by atoms with Crippen LogP contribution in [0.1, 0.15) is 83.6 Å². The van der Waals surface area contributed by atoms with Gasteiger partial charge >= 0.3 is 0 Å². The standard InChI is InChI=1S/C25H36N/c1-17-14-20-21(25(7,8)13-12-24(20,5)6)15-19(17)22-11-10-18(16-26(22)9)23(2,3)4/h10-11,14-16H,12-13H2,1-9H3/q+1. The molecule has 1 aliphatic rings. The van der Waals surface area contributed by atoms with Crippen molar-refractivity contribution in [2.24, 2.45) is 7.05 Å². The van der Waals surface area contributed by atoms with Crippen molar-refractivity contribution < 1.29 is 4.57 Å². The molecule has 0 unspecified atom stereocenters. The van der Waals surface area contributed by atoms with E-state index in [0.29, 0.717) is 0 Å². The Bertz CT molecular complexity index is 847. The van der Waals surface area contributed by atoms with Crippen LogP contribution in [0.25, 0.3) is 11.3 Å². The second kappa shape index (κ2) is 5.94. The van der Waals surface area contributed by atoms with Crippen LogP contribution in [0.3, 0.4) is 0 Å². The molecule has 1 aliphatic carbocycles. The van der Waals surface area contributed by atoms with Crippen molar-refractivity contribution in [2.75, 3.05) is 0 Å². The van der Waals surface area contributed by atoms with Gasteiger partial charge in [0.2, 0.25) is 5.69 Å². The maximum absolute atomic E-state index is 2.48. The molecule has 0 radical (unpaired) electrons. The second-order valence-electron chi connectivity index (χ2n) is 10.6.